The lowest BCUT2D eigenvalue weighted by Gasteiger charge is -2.31. The van der Waals surface area contributed by atoms with Gasteiger partial charge in [0.2, 0.25) is 11.8 Å². The predicted octanol–water partition coefficient (Wildman–Crippen LogP) is 2.62. The molecule has 0 bridgehead atoms. The van der Waals surface area contributed by atoms with E-state index in [0.29, 0.717) is 32.0 Å². The Bertz CT molecular complexity index is 721. The van der Waals surface area contributed by atoms with E-state index in [4.69, 9.17) is 4.74 Å². The Hall–Kier alpha value is -1.95. The highest BCUT2D eigenvalue weighted by molar-refractivity contribution is 5.79. The molecule has 1 aromatic rings. The minimum atomic E-state index is -0.300. The van der Waals surface area contributed by atoms with Gasteiger partial charge in [-0.3, -0.25) is 9.59 Å². The van der Waals surface area contributed by atoms with Crippen LogP contribution in [0.1, 0.15) is 37.3 Å². The van der Waals surface area contributed by atoms with Gasteiger partial charge in [-0.15, -0.1) is 0 Å². The van der Waals surface area contributed by atoms with Crippen LogP contribution in [0.2, 0.25) is 0 Å². The number of halogens is 1. The van der Waals surface area contributed by atoms with Crippen LogP contribution < -0.4 is 0 Å². The van der Waals surface area contributed by atoms with Gasteiger partial charge in [-0.2, -0.15) is 0 Å². The summed E-state index contributed by atoms with van der Waals surface area (Å²) in [5, 5.41) is 0. The van der Waals surface area contributed by atoms with Gasteiger partial charge in [-0.05, 0) is 36.5 Å². The van der Waals surface area contributed by atoms with Gasteiger partial charge in [-0.1, -0.05) is 18.6 Å². The summed E-state index contributed by atoms with van der Waals surface area (Å²) in [7, 11) is 1.51. The molecule has 0 radical (unpaired) electrons. The SMILES string of the molecule is COCC(=O)N1C[C@H]2CN(C(=O)CC3CCC3)C[C@H]2[C@@H]1c1cccc(F)c1. The third-order valence-electron chi connectivity index (χ3n) is 6.48. The number of amides is 2. The summed E-state index contributed by atoms with van der Waals surface area (Å²) in [4.78, 5) is 29.0. The average molecular weight is 374 g/mol. The van der Waals surface area contributed by atoms with Crippen molar-refractivity contribution in [3.8, 4) is 0 Å². The number of benzene rings is 1. The quantitative estimate of drug-likeness (QED) is 0.796. The van der Waals surface area contributed by atoms with E-state index in [-0.39, 0.29) is 42.1 Å². The van der Waals surface area contributed by atoms with E-state index in [2.05, 4.69) is 0 Å². The number of rotatable bonds is 5. The normalized spacial score (nSPS) is 27.6. The molecule has 27 heavy (non-hydrogen) atoms. The van der Waals surface area contributed by atoms with Crippen LogP contribution in [-0.2, 0) is 14.3 Å². The van der Waals surface area contributed by atoms with Gasteiger partial charge in [0, 0.05) is 45.0 Å². The van der Waals surface area contributed by atoms with Crippen molar-refractivity contribution in [1.29, 1.82) is 0 Å². The number of hydrogen-bond acceptors (Lipinski definition) is 3. The molecule has 0 aromatic heterocycles. The molecular weight excluding hydrogens is 347 g/mol. The maximum absolute atomic E-state index is 13.8. The fraction of sp³-hybridized carbons (Fsp3) is 0.619. The minimum absolute atomic E-state index is 0.0234. The average Bonchev–Trinajstić information content (AvgIpc) is 3.16. The molecule has 1 aromatic carbocycles. The lowest BCUT2D eigenvalue weighted by molar-refractivity contribution is -0.137. The smallest absolute Gasteiger partial charge is 0.249 e. The second kappa shape index (κ2) is 7.58. The Morgan fingerprint density at radius 3 is 2.67 bits per heavy atom. The third-order valence-corrected chi connectivity index (χ3v) is 6.48. The van der Waals surface area contributed by atoms with E-state index in [9.17, 15) is 14.0 Å². The Labute approximate surface area is 159 Å². The highest BCUT2D eigenvalue weighted by atomic mass is 19.1. The van der Waals surface area contributed by atoms with Gasteiger partial charge in [0.05, 0.1) is 6.04 Å². The van der Waals surface area contributed by atoms with E-state index in [1.807, 2.05) is 15.9 Å². The van der Waals surface area contributed by atoms with Gasteiger partial charge in [0.25, 0.3) is 0 Å². The number of likely N-dealkylation sites (tertiary alicyclic amines) is 2. The third kappa shape index (κ3) is 3.59. The van der Waals surface area contributed by atoms with Crippen LogP contribution in [0.25, 0.3) is 0 Å². The molecule has 0 spiro atoms. The Balaban J connectivity index is 1.53. The van der Waals surface area contributed by atoms with Crippen LogP contribution in [0.3, 0.4) is 0 Å². The first kappa shape index (κ1) is 18.4. The monoisotopic (exact) mass is 374 g/mol. The molecule has 0 N–H and O–H groups in total. The van der Waals surface area contributed by atoms with Gasteiger partial charge < -0.3 is 14.5 Å². The zero-order chi connectivity index (χ0) is 19.0. The minimum Gasteiger partial charge on any atom is -0.375 e. The van der Waals surface area contributed by atoms with E-state index >= 15 is 0 Å². The molecular formula is C21H27FN2O3. The maximum Gasteiger partial charge on any atom is 0.249 e. The zero-order valence-electron chi connectivity index (χ0n) is 15.8. The molecule has 3 aliphatic rings. The zero-order valence-corrected chi connectivity index (χ0v) is 15.8. The number of methoxy groups -OCH3 is 1. The van der Waals surface area contributed by atoms with Crippen LogP contribution in [0.15, 0.2) is 24.3 Å². The summed E-state index contributed by atoms with van der Waals surface area (Å²) in [6.45, 7) is 1.96. The molecule has 1 aliphatic carbocycles. The summed E-state index contributed by atoms with van der Waals surface area (Å²) in [6.07, 6.45) is 4.22. The molecule has 0 unspecified atom stereocenters. The second-order valence-corrected chi connectivity index (χ2v) is 8.20. The Morgan fingerprint density at radius 2 is 2.00 bits per heavy atom. The lowest BCUT2D eigenvalue weighted by Crippen LogP contribution is -2.39. The molecule has 5 nitrogen and oxygen atoms in total. The Kier molecular flexibility index (Phi) is 5.17. The molecule has 146 valence electrons. The summed E-state index contributed by atoms with van der Waals surface area (Å²) >= 11 is 0. The van der Waals surface area contributed by atoms with Crippen molar-refractivity contribution in [2.24, 2.45) is 17.8 Å². The first-order valence-corrected chi connectivity index (χ1v) is 9.88. The number of hydrogen-bond donors (Lipinski definition) is 0. The van der Waals surface area contributed by atoms with Crippen molar-refractivity contribution in [1.82, 2.24) is 9.80 Å². The number of nitrogens with zero attached hydrogens (tertiary/aromatic N) is 2. The van der Waals surface area contributed by atoms with Crippen molar-refractivity contribution < 1.29 is 18.7 Å². The standard InChI is InChI=1S/C21H27FN2O3/c1-27-13-20(26)24-11-16-10-23(19(25)8-14-4-2-5-14)12-18(16)21(24)15-6-3-7-17(22)9-15/h3,6-7,9,14,16,18,21H,2,4-5,8,10-13H2,1H3/t16-,18-,21+/m1/s1. The fourth-order valence-electron chi connectivity index (χ4n) is 4.90. The summed E-state index contributed by atoms with van der Waals surface area (Å²) < 4.78 is 18.9. The van der Waals surface area contributed by atoms with E-state index in [0.717, 1.165) is 18.4 Å². The van der Waals surface area contributed by atoms with Gasteiger partial charge in [-0.25, -0.2) is 4.39 Å². The van der Waals surface area contributed by atoms with Crippen LogP contribution in [0, 0.1) is 23.6 Å². The second-order valence-electron chi connectivity index (χ2n) is 8.20. The number of carbonyl (C=O) groups excluding carboxylic acids is 2. The molecule has 1 saturated carbocycles. The lowest BCUT2D eigenvalue weighted by atomic mass is 9.83. The molecule has 2 amide bonds. The summed E-state index contributed by atoms with van der Waals surface area (Å²) in [6, 6.07) is 6.29. The highest BCUT2D eigenvalue weighted by Gasteiger charge is 2.50. The van der Waals surface area contributed by atoms with Crippen LogP contribution >= 0.6 is 0 Å². The van der Waals surface area contributed by atoms with Gasteiger partial charge >= 0.3 is 0 Å². The van der Waals surface area contributed by atoms with Crippen molar-refractivity contribution in [3.05, 3.63) is 35.6 Å². The number of ether oxygens (including phenoxy) is 1. The van der Waals surface area contributed by atoms with Crippen LogP contribution in [-0.4, -0.2) is 55.0 Å². The highest BCUT2D eigenvalue weighted by Crippen LogP contribution is 2.45. The first-order valence-electron chi connectivity index (χ1n) is 9.88. The molecule has 2 aliphatic heterocycles. The van der Waals surface area contributed by atoms with Crippen molar-refractivity contribution in [3.63, 3.8) is 0 Å². The summed E-state index contributed by atoms with van der Waals surface area (Å²) in [5.41, 5.74) is 0.806. The summed E-state index contributed by atoms with van der Waals surface area (Å²) in [5.74, 6) is 0.806. The Morgan fingerprint density at radius 1 is 1.19 bits per heavy atom. The molecule has 4 rings (SSSR count). The molecule has 2 saturated heterocycles. The molecule has 3 fully saturated rings. The fourth-order valence-corrected chi connectivity index (χ4v) is 4.90. The molecule has 3 atom stereocenters. The first-order chi connectivity index (χ1) is 13.1. The van der Waals surface area contributed by atoms with Gasteiger partial charge in [0.1, 0.15) is 12.4 Å². The maximum atomic E-state index is 13.8. The largest absolute Gasteiger partial charge is 0.375 e. The molecule has 2 heterocycles. The van der Waals surface area contributed by atoms with E-state index < -0.39 is 0 Å². The van der Waals surface area contributed by atoms with Gasteiger partial charge in [0.15, 0.2) is 0 Å². The van der Waals surface area contributed by atoms with Crippen LogP contribution in [0.5, 0.6) is 0 Å². The van der Waals surface area contributed by atoms with E-state index in [1.165, 1.54) is 25.7 Å². The number of fused-ring (bicyclic) bond motifs is 1. The number of carbonyl (C=O) groups is 2. The van der Waals surface area contributed by atoms with E-state index in [1.54, 1.807) is 6.07 Å². The van der Waals surface area contributed by atoms with Crippen LogP contribution in [0.4, 0.5) is 4.39 Å². The topological polar surface area (TPSA) is 49.9 Å². The van der Waals surface area contributed by atoms with Crippen molar-refractivity contribution in [2.75, 3.05) is 33.4 Å². The molecule has 6 heteroatoms. The van der Waals surface area contributed by atoms with Crippen molar-refractivity contribution >= 4 is 11.8 Å². The van der Waals surface area contributed by atoms with Crippen molar-refractivity contribution in [2.45, 2.75) is 31.7 Å². The predicted molar refractivity (Wildman–Crippen MR) is 98.2 cm³/mol.